The summed E-state index contributed by atoms with van der Waals surface area (Å²) >= 11 is 0. The molecule has 0 aromatic rings. The number of hydrogen-bond acceptors (Lipinski definition) is 5. The molecule has 69 heavy (non-hydrogen) atoms. The number of carbonyl (C=O) groups excluding carboxylic acids is 1. The van der Waals surface area contributed by atoms with E-state index in [-0.39, 0.29) is 19.1 Å². The van der Waals surface area contributed by atoms with Gasteiger partial charge in [0.15, 0.2) is 0 Å². The average molecular weight is 997 g/mol. The summed E-state index contributed by atoms with van der Waals surface area (Å²) in [4.78, 5) is 23.3. The second-order valence-electron chi connectivity index (χ2n) is 22.1. The molecular weight excluding hydrogens is 876 g/mol. The molecule has 0 aliphatic carbocycles. The first kappa shape index (κ1) is 68.0. The fraction of sp³-hybridized carbons (Fsp3) is 0.917. The molecule has 9 heteroatoms. The molecular formula is C60H120N2O6P+. The zero-order valence-corrected chi connectivity index (χ0v) is 47.7. The van der Waals surface area contributed by atoms with Gasteiger partial charge in [0.2, 0.25) is 5.91 Å². The summed E-state index contributed by atoms with van der Waals surface area (Å²) in [6, 6.07) is -0.860. The summed E-state index contributed by atoms with van der Waals surface area (Å²) in [6.07, 6.45) is 65.8. The monoisotopic (exact) mass is 996 g/mol. The SMILES string of the molecule is CCCCCCCCCCCCCCC/C=C/CC/C=C/C(O)C(COP(=O)(O)OCC[N+](C)(C)C)NC(=O)CCCCCCCCCCCCCCCCCCCCCCCCCCCCCC. The number of nitrogens with one attached hydrogen (secondary N) is 1. The fourth-order valence-electron chi connectivity index (χ4n) is 9.18. The van der Waals surface area contributed by atoms with E-state index >= 15 is 0 Å². The van der Waals surface area contributed by atoms with Crippen molar-refractivity contribution < 1.29 is 32.9 Å². The Morgan fingerprint density at radius 1 is 0.478 bits per heavy atom. The van der Waals surface area contributed by atoms with Crippen LogP contribution in [0.2, 0.25) is 0 Å². The molecule has 3 unspecified atom stereocenters. The quantitative estimate of drug-likeness (QED) is 0.0243. The zero-order chi connectivity index (χ0) is 50.6. The van der Waals surface area contributed by atoms with Gasteiger partial charge in [-0.3, -0.25) is 13.8 Å². The molecule has 410 valence electrons. The number of carbonyl (C=O) groups is 1. The Kier molecular flexibility index (Phi) is 51.1. The summed E-state index contributed by atoms with van der Waals surface area (Å²) in [5.74, 6) is -0.180. The van der Waals surface area contributed by atoms with Crippen molar-refractivity contribution in [3.63, 3.8) is 0 Å². The van der Waals surface area contributed by atoms with E-state index in [2.05, 4.69) is 31.3 Å². The van der Waals surface area contributed by atoms with Crippen LogP contribution in [0.5, 0.6) is 0 Å². The van der Waals surface area contributed by atoms with Crippen molar-refractivity contribution >= 4 is 13.7 Å². The van der Waals surface area contributed by atoms with Gasteiger partial charge >= 0.3 is 7.82 Å². The van der Waals surface area contributed by atoms with Gasteiger partial charge in [-0.2, -0.15) is 0 Å². The largest absolute Gasteiger partial charge is 0.472 e. The lowest BCUT2D eigenvalue weighted by Gasteiger charge is -2.25. The van der Waals surface area contributed by atoms with Crippen molar-refractivity contribution in [3.05, 3.63) is 24.3 Å². The second kappa shape index (κ2) is 51.9. The molecule has 0 radical (unpaired) electrons. The van der Waals surface area contributed by atoms with Crippen LogP contribution in [0, 0.1) is 0 Å². The highest BCUT2D eigenvalue weighted by Crippen LogP contribution is 2.43. The van der Waals surface area contributed by atoms with E-state index in [0.717, 1.165) is 38.5 Å². The van der Waals surface area contributed by atoms with E-state index in [9.17, 15) is 19.4 Å². The van der Waals surface area contributed by atoms with Crippen molar-refractivity contribution in [1.29, 1.82) is 0 Å². The Bertz CT molecular complexity index is 1170. The maximum Gasteiger partial charge on any atom is 0.472 e. The Morgan fingerprint density at radius 3 is 1.16 bits per heavy atom. The summed E-state index contributed by atoms with van der Waals surface area (Å²) in [7, 11) is 1.57. The second-order valence-corrected chi connectivity index (χ2v) is 23.5. The van der Waals surface area contributed by atoms with Gasteiger partial charge in [0, 0.05) is 6.42 Å². The summed E-state index contributed by atoms with van der Waals surface area (Å²) in [5, 5.41) is 13.9. The molecule has 0 heterocycles. The minimum absolute atomic E-state index is 0.0588. The predicted molar refractivity (Wildman–Crippen MR) is 300 cm³/mol. The molecule has 0 aromatic heterocycles. The minimum Gasteiger partial charge on any atom is -0.387 e. The first-order valence-corrected chi connectivity index (χ1v) is 31.7. The van der Waals surface area contributed by atoms with Crippen LogP contribution in [0.4, 0.5) is 0 Å². The number of hydrogen-bond donors (Lipinski definition) is 3. The number of unbranched alkanes of at least 4 members (excludes halogenated alkanes) is 41. The normalized spacial score (nSPS) is 14.0. The molecule has 0 bridgehead atoms. The number of aliphatic hydroxyl groups is 1. The number of rotatable bonds is 56. The molecule has 3 N–H and O–H groups in total. The van der Waals surface area contributed by atoms with Crippen LogP contribution >= 0.6 is 7.82 Å². The van der Waals surface area contributed by atoms with Crippen molar-refractivity contribution in [3.8, 4) is 0 Å². The van der Waals surface area contributed by atoms with Crippen LogP contribution in [-0.4, -0.2) is 73.4 Å². The number of amides is 1. The van der Waals surface area contributed by atoms with Crippen molar-refractivity contribution in [2.24, 2.45) is 0 Å². The van der Waals surface area contributed by atoms with Crippen LogP contribution in [0.3, 0.4) is 0 Å². The molecule has 0 aromatic carbocycles. The van der Waals surface area contributed by atoms with Gasteiger partial charge in [0.1, 0.15) is 13.2 Å². The van der Waals surface area contributed by atoms with E-state index in [0.29, 0.717) is 17.4 Å². The Morgan fingerprint density at radius 2 is 0.797 bits per heavy atom. The number of quaternary nitrogens is 1. The number of aliphatic hydroxyl groups excluding tert-OH is 1. The zero-order valence-electron chi connectivity index (χ0n) is 46.8. The van der Waals surface area contributed by atoms with Crippen molar-refractivity contribution in [1.82, 2.24) is 5.32 Å². The van der Waals surface area contributed by atoms with Crippen molar-refractivity contribution in [2.75, 3.05) is 40.9 Å². The van der Waals surface area contributed by atoms with Crippen LogP contribution in [0.1, 0.15) is 303 Å². The number of likely N-dealkylation sites (N-methyl/N-ethyl adjacent to an activating group) is 1. The average Bonchev–Trinajstić information content (AvgIpc) is 3.31. The van der Waals surface area contributed by atoms with Gasteiger partial charge in [-0.15, -0.1) is 0 Å². The van der Waals surface area contributed by atoms with Crippen LogP contribution in [0.25, 0.3) is 0 Å². The molecule has 3 atom stereocenters. The molecule has 0 aliphatic rings. The third-order valence-corrected chi connectivity index (χ3v) is 14.9. The lowest BCUT2D eigenvalue weighted by atomic mass is 10.0. The Balaban J connectivity index is 4.13. The predicted octanol–water partition coefficient (Wildman–Crippen LogP) is 18.4. The van der Waals surface area contributed by atoms with E-state index in [1.54, 1.807) is 6.08 Å². The topological polar surface area (TPSA) is 105 Å². The van der Waals surface area contributed by atoms with Gasteiger partial charge in [0.05, 0.1) is 39.9 Å². The number of phosphoric acid groups is 1. The van der Waals surface area contributed by atoms with Crippen LogP contribution in [-0.2, 0) is 18.4 Å². The van der Waals surface area contributed by atoms with E-state index in [1.807, 2.05) is 27.2 Å². The summed E-state index contributed by atoms with van der Waals surface area (Å²) in [6.45, 7) is 4.84. The third-order valence-electron chi connectivity index (χ3n) is 13.9. The van der Waals surface area contributed by atoms with Gasteiger partial charge < -0.3 is 19.8 Å². The molecule has 0 rings (SSSR count). The highest BCUT2D eigenvalue weighted by atomic mass is 31.2. The molecule has 8 nitrogen and oxygen atoms in total. The Hall–Kier alpha value is -1.02. The highest BCUT2D eigenvalue weighted by molar-refractivity contribution is 7.47. The fourth-order valence-corrected chi connectivity index (χ4v) is 9.92. The first-order chi connectivity index (χ1) is 33.5. The van der Waals surface area contributed by atoms with Crippen molar-refractivity contribution in [2.45, 2.75) is 315 Å². The van der Waals surface area contributed by atoms with Crippen LogP contribution in [0.15, 0.2) is 24.3 Å². The minimum atomic E-state index is -4.35. The Labute approximate surface area is 430 Å². The molecule has 0 spiro atoms. The highest BCUT2D eigenvalue weighted by Gasteiger charge is 2.27. The lowest BCUT2D eigenvalue weighted by Crippen LogP contribution is -2.45. The first-order valence-electron chi connectivity index (χ1n) is 30.2. The lowest BCUT2D eigenvalue weighted by molar-refractivity contribution is -0.870. The van der Waals surface area contributed by atoms with Gasteiger partial charge in [-0.1, -0.05) is 289 Å². The summed E-state index contributed by atoms with van der Waals surface area (Å²) < 4.78 is 23.7. The maximum absolute atomic E-state index is 13.0. The molecule has 0 fully saturated rings. The number of allylic oxidation sites excluding steroid dienone is 3. The smallest absolute Gasteiger partial charge is 0.387 e. The molecule has 0 aliphatic heterocycles. The van der Waals surface area contributed by atoms with Gasteiger partial charge in [-0.05, 0) is 32.1 Å². The molecule has 0 saturated carbocycles. The van der Waals surface area contributed by atoms with Gasteiger partial charge in [0.25, 0.3) is 0 Å². The van der Waals surface area contributed by atoms with E-state index in [1.165, 1.54) is 244 Å². The standard InChI is InChI=1S/C60H119N2O6P/c1-6-8-10-12-14-16-18-20-22-24-26-27-28-29-30-31-32-33-34-36-38-40-42-44-46-48-50-52-54-60(64)61-58(57-68-69(65,66)67-56-55-62(3,4)5)59(63)53-51-49-47-45-43-41-39-37-35-25-23-21-19-17-15-13-11-9-7-2/h43,45,51,53,58-59,63H,6-42,44,46-50,52,54-57H2,1-5H3,(H-,61,64,65,66)/p+1/b45-43+,53-51+. The summed E-state index contributed by atoms with van der Waals surface area (Å²) in [5.41, 5.74) is 0. The maximum atomic E-state index is 13.0. The van der Waals surface area contributed by atoms with E-state index in [4.69, 9.17) is 9.05 Å². The molecule has 0 saturated heterocycles. The van der Waals surface area contributed by atoms with E-state index < -0.39 is 20.0 Å². The van der Waals surface area contributed by atoms with Crippen LogP contribution < -0.4 is 5.32 Å². The molecule has 1 amide bonds. The number of phosphoric ester groups is 1. The third kappa shape index (κ3) is 54.6. The number of nitrogens with zero attached hydrogens (tertiary/aromatic N) is 1. The van der Waals surface area contributed by atoms with Gasteiger partial charge in [-0.25, -0.2) is 4.57 Å².